The molecule has 1 N–H and O–H groups in total. The first-order valence-corrected chi connectivity index (χ1v) is 11.3. The van der Waals surface area contributed by atoms with Gasteiger partial charge in [0, 0.05) is 0 Å². The van der Waals surface area contributed by atoms with E-state index in [0.717, 1.165) is 10.5 Å². The number of aryl methyl sites for hydroxylation is 1. The molecule has 0 unspecified atom stereocenters. The van der Waals surface area contributed by atoms with Gasteiger partial charge in [-0.25, -0.2) is 14.5 Å². The molecular formula is C25H20N2O6S. The van der Waals surface area contributed by atoms with Gasteiger partial charge in [-0.3, -0.25) is 14.9 Å². The smallest absolute Gasteiger partial charge is 0.353 e. The fourth-order valence-corrected chi connectivity index (χ4v) is 3.94. The largest absolute Gasteiger partial charge is 0.490 e. The van der Waals surface area contributed by atoms with Crippen molar-refractivity contribution in [1.82, 2.24) is 5.32 Å². The van der Waals surface area contributed by atoms with E-state index in [1.165, 1.54) is 23.5 Å². The molecule has 0 spiro atoms. The Bertz CT molecular complexity index is 1310. The Hall–Kier alpha value is -4.24. The lowest BCUT2D eigenvalue weighted by Crippen LogP contribution is -2.54. The number of carbonyl (C=O) groups is 4. The standard InChI is InChI=1S/C25H20N2O6S/c1-3-32-20-14-16(9-10-19(20)33-24(30)21-8-5-11-34-21)13-18-22(28)26-25(31)27(23(18)29)17-7-4-6-15(2)12-17/h4-14H,3H2,1-2H3,(H,26,28,31)/b18-13+. The summed E-state index contributed by atoms with van der Waals surface area (Å²) in [5.74, 6) is -1.58. The van der Waals surface area contributed by atoms with Gasteiger partial charge in [-0.15, -0.1) is 11.3 Å². The number of ether oxygens (including phenoxy) is 2. The zero-order valence-corrected chi connectivity index (χ0v) is 19.2. The average Bonchev–Trinajstić information content (AvgIpc) is 3.33. The Kier molecular flexibility index (Phi) is 6.55. The summed E-state index contributed by atoms with van der Waals surface area (Å²) in [7, 11) is 0. The number of hydrogen-bond donors (Lipinski definition) is 1. The summed E-state index contributed by atoms with van der Waals surface area (Å²) in [6.07, 6.45) is 1.36. The van der Waals surface area contributed by atoms with Crippen molar-refractivity contribution in [3.63, 3.8) is 0 Å². The maximum Gasteiger partial charge on any atom is 0.353 e. The molecule has 3 aromatic rings. The summed E-state index contributed by atoms with van der Waals surface area (Å²) in [5.41, 5.74) is 1.45. The number of esters is 1. The number of rotatable bonds is 6. The molecule has 0 atom stereocenters. The molecule has 9 heteroatoms. The SMILES string of the molecule is CCOc1cc(/C=C2\C(=O)NC(=O)N(c3cccc(C)c3)C2=O)ccc1OC(=O)c1cccs1. The van der Waals surface area contributed by atoms with E-state index in [-0.39, 0.29) is 17.1 Å². The molecule has 8 nitrogen and oxygen atoms in total. The van der Waals surface area contributed by atoms with E-state index in [1.807, 2.05) is 13.0 Å². The van der Waals surface area contributed by atoms with Crippen molar-refractivity contribution in [2.24, 2.45) is 0 Å². The predicted octanol–water partition coefficient (Wildman–Crippen LogP) is 4.34. The Morgan fingerprint density at radius 1 is 1.06 bits per heavy atom. The topological polar surface area (TPSA) is 102 Å². The second kappa shape index (κ2) is 9.72. The molecule has 1 aliphatic heterocycles. The summed E-state index contributed by atoms with van der Waals surface area (Å²) < 4.78 is 11.1. The molecule has 2 aromatic carbocycles. The minimum absolute atomic E-state index is 0.207. The summed E-state index contributed by atoms with van der Waals surface area (Å²) in [4.78, 5) is 51.6. The fraction of sp³-hybridized carbons (Fsp3) is 0.120. The van der Waals surface area contributed by atoms with Crippen LogP contribution in [-0.2, 0) is 9.59 Å². The molecule has 0 radical (unpaired) electrons. The van der Waals surface area contributed by atoms with Crippen LogP contribution in [0.2, 0.25) is 0 Å². The molecule has 1 aromatic heterocycles. The number of nitrogens with one attached hydrogen (secondary N) is 1. The lowest BCUT2D eigenvalue weighted by molar-refractivity contribution is -0.122. The molecule has 1 fully saturated rings. The third-order valence-corrected chi connectivity index (χ3v) is 5.72. The van der Waals surface area contributed by atoms with Gasteiger partial charge in [0.25, 0.3) is 11.8 Å². The van der Waals surface area contributed by atoms with Crippen molar-refractivity contribution in [3.05, 3.63) is 81.6 Å². The number of anilines is 1. The van der Waals surface area contributed by atoms with Crippen molar-refractivity contribution >= 4 is 46.9 Å². The van der Waals surface area contributed by atoms with Crippen LogP contribution in [-0.4, -0.2) is 30.4 Å². The monoisotopic (exact) mass is 476 g/mol. The lowest BCUT2D eigenvalue weighted by Gasteiger charge is -2.26. The van der Waals surface area contributed by atoms with Gasteiger partial charge in [-0.2, -0.15) is 0 Å². The first kappa shape index (κ1) is 22.9. The highest BCUT2D eigenvalue weighted by Gasteiger charge is 2.36. The highest BCUT2D eigenvalue weighted by atomic mass is 32.1. The molecule has 0 aliphatic carbocycles. The molecule has 34 heavy (non-hydrogen) atoms. The second-order valence-corrected chi connectivity index (χ2v) is 8.25. The van der Waals surface area contributed by atoms with Gasteiger partial charge < -0.3 is 9.47 Å². The summed E-state index contributed by atoms with van der Waals surface area (Å²) >= 11 is 1.26. The summed E-state index contributed by atoms with van der Waals surface area (Å²) in [6.45, 7) is 3.91. The van der Waals surface area contributed by atoms with Crippen LogP contribution < -0.4 is 19.7 Å². The third-order valence-electron chi connectivity index (χ3n) is 4.87. The molecule has 4 amide bonds. The maximum absolute atomic E-state index is 13.1. The highest BCUT2D eigenvalue weighted by molar-refractivity contribution is 7.12. The first-order chi connectivity index (χ1) is 16.4. The minimum Gasteiger partial charge on any atom is -0.490 e. The van der Waals surface area contributed by atoms with Crippen LogP contribution in [0.4, 0.5) is 10.5 Å². The molecule has 1 aliphatic rings. The van der Waals surface area contributed by atoms with Crippen molar-refractivity contribution in [2.75, 3.05) is 11.5 Å². The molecule has 0 bridgehead atoms. The van der Waals surface area contributed by atoms with Gasteiger partial charge in [0.05, 0.1) is 12.3 Å². The number of carbonyl (C=O) groups excluding carboxylic acids is 4. The van der Waals surface area contributed by atoms with E-state index >= 15 is 0 Å². The zero-order chi connectivity index (χ0) is 24.2. The quantitative estimate of drug-likeness (QED) is 0.246. The fourth-order valence-electron chi connectivity index (χ4n) is 3.34. The van der Waals surface area contributed by atoms with E-state index < -0.39 is 23.8 Å². The van der Waals surface area contributed by atoms with E-state index in [9.17, 15) is 19.2 Å². The maximum atomic E-state index is 13.1. The molecule has 2 heterocycles. The minimum atomic E-state index is -0.816. The summed E-state index contributed by atoms with van der Waals surface area (Å²) in [6, 6.07) is 14.1. The number of hydrogen-bond acceptors (Lipinski definition) is 7. The predicted molar refractivity (Wildman–Crippen MR) is 127 cm³/mol. The van der Waals surface area contributed by atoms with Crippen LogP contribution in [0.15, 0.2) is 65.6 Å². The molecule has 1 saturated heterocycles. The Morgan fingerprint density at radius 2 is 1.88 bits per heavy atom. The molecule has 172 valence electrons. The van der Waals surface area contributed by atoms with Crippen LogP contribution in [0.1, 0.15) is 27.7 Å². The van der Waals surface area contributed by atoms with E-state index in [0.29, 0.717) is 22.7 Å². The van der Waals surface area contributed by atoms with E-state index in [4.69, 9.17) is 9.47 Å². The van der Waals surface area contributed by atoms with Gasteiger partial charge in [0.15, 0.2) is 11.5 Å². The van der Waals surface area contributed by atoms with E-state index in [1.54, 1.807) is 54.8 Å². The number of urea groups is 1. The van der Waals surface area contributed by atoms with Crippen molar-refractivity contribution in [3.8, 4) is 11.5 Å². The van der Waals surface area contributed by atoms with Crippen LogP contribution >= 0.6 is 11.3 Å². The molecule has 4 rings (SSSR count). The average molecular weight is 477 g/mol. The van der Waals surface area contributed by atoms with Crippen molar-refractivity contribution in [2.45, 2.75) is 13.8 Å². The van der Waals surface area contributed by atoms with Gasteiger partial charge in [-0.1, -0.05) is 24.3 Å². The Morgan fingerprint density at radius 3 is 2.59 bits per heavy atom. The summed E-state index contributed by atoms with van der Waals surface area (Å²) in [5, 5.41) is 3.97. The number of thiophene rings is 1. The third kappa shape index (κ3) is 4.74. The second-order valence-electron chi connectivity index (χ2n) is 7.30. The van der Waals surface area contributed by atoms with Crippen molar-refractivity contribution < 1.29 is 28.7 Å². The van der Waals surface area contributed by atoms with Gasteiger partial charge in [0.2, 0.25) is 0 Å². The van der Waals surface area contributed by atoms with Crippen LogP contribution in [0.5, 0.6) is 11.5 Å². The normalized spacial score (nSPS) is 14.8. The Labute approximate surface area is 199 Å². The van der Waals surface area contributed by atoms with Crippen LogP contribution in [0.25, 0.3) is 6.08 Å². The van der Waals surface area contributed by atoms with Crippen LogP contribution in [0.3, 0.4) is 0 Å². The van der Waals surface area contributed by atoms with Gasteiger partial charge >= 0.3 is 12.0 Å². The highest BCUT2D eigenvalue weighted by Crippen LogP contribution is 2.31. The number of barbiturate groups is 1. The number of benzene rings is 2. The molecule has 0 saturated carbocycles. The van der Waals surface area contributed by atoms with Crippen molar-refractivity contribution in [1.29, 1.82) is 0 Å². The number of imide groups is 2. The Balaban J connectivity index is 1.65. The zero-order valence-electron chi connectivity index (χ0n) is 18.4. The van der Waals surface area contributed by atoms with Gasteiger partial charge in [-0.05, 0) is 66.8 Å². The lowest BCUT2D eigenvalue weighted by atomic mass is 10.1. The van der Waals surface area contributed by atoms with Crippen LogP contribution in [0, 0.1) is 6.92 Å². The first-order valence-electron chi connectivity index (χ1n) is 10.4. The number of amides is 4. The van der Waals surface area contributed by atoms with E-state index in [2.05, 4.69) is 5.32 Å². The number of nitrogens with zero attached hydrogens (tertiary/aromatic N) is 1. The molecular weight excluding hydrogens is 456 g/mol. The van der Waals surface area contributed by atoms with Gasteiger partial charge in [0.1, 0.15) is 10.5 Å².